The SMILES string of the molecule is CC1(C)CCCN(CCCOc2ccc(Br)cc2)C1. The molecule has 1 aliphatic heterocycles. The van der Waals surface area contributed by atoms with Gasteiger partial charge in [0.05, 0.1) is 6.61 Å². The van der Waals surface area contributed by atoms with Crippen LogP contribution in [0.25, 0.3) is 0 Å². The van der Waals surface area contributed by atoms with Crippen LogP contribution in [-0.2, 0) is 0 Å². The van der Waals surface area contributed by atoms with Crippen molar-refractivity contribution in [2.75, 3.05) is 26.2 Å². The van der Waals surface area contributed by atoms with Gasteiger partial charge < -0.3 is 9.64 Å². The molecule has 106 valence electrons. The molecule has 1 heterocycles. The molecule has 1 aromatic carbocycles. The van der Waals surface area contributed by atoms with Crippen molar-refractivity contribution in [3.63, 3.8) is 0 Å². The molecule has 0 aromatic heterocycles. The van der Waals surface area contributed by atoms with E-state index in [4.69, 9.17) is 4.74 Å². The van der Waals surface area contributed by atoms with Crippen molar-refractivity contribution in [1.29, 1.82) is 0 Å². The summed E-state index contributed by atoms with van der Waals surface area (Å²) in [6.45, 7) is 9.18. The van der Waals surface area contributed by atoms with Crippen molar-refractivity contribution in [2.24, 2.45) is 5.41 Å². The molecule has 0 radical (unpaired) electrons. The first-order valence-corrected chi connectivity index (χ1v) is 7.95. The zero-order chi connectivity index (χ0) is 13.7. The van der Waals surface area contributed by atoms with Crippen molar-refractivity contribution in [3.8, 4) is 5.75 Å². The topological polar surface area (TPSA) is 12.5 Å². The molecular weight excluding hydrogens is 302 g/mol. The maximum absolute atomic E-state index is 5.76. The van der Waals surface area contributed by atoms with E-state index in [0.717, 1.165) is 29.8 Å². The van der Waals surface area contributed by atoms with Gasteiger partial charge >= 0.3 is 0 Å². The summed E-state index contributed by atoms with van der Waals surface area (Å²) >= 11 is 3.43. The maximum atomic E-state index is 5.76. The Hall–Kier alpha value is -0.540. The van der Waals surface area contributed by atoms with Gasteiger partial charge in [0.1, 0.15) is 5.75 Å². The molecule has 3 heteroatoms. The van der Waals surface area contributed by atoms with Gasteiger partial charge in [-0.3, -0.25) is 0 Å². The van der Waals surface area contributed by atoms with Crippen LogP contribution in [0.15, 0.2) is 28.7 Å². The van der Waals surface area contributed by atoms with Gasteiger partial charge in [-0.15, -0.1) is 0 Å². The molecule has 1 saturated heterocycles. The molecule has 0 spiro atoms. The third-order valence-electron chi connectivity index (χ3n) is 3.68. The first-order chi connectivity index (χ1) is 9.05. The predicted molar refractivity (Wildman–Crippen MR) is 83.7 cm³/mol. The van der Waals surface area contributed by atoms with Crippen LogP contribution < -0.4 is 4.74 Å². The monoisotopic (exact) mass is 325 g/mol. The van der Waals surface area contributed by atoms with Gasteiger partial charge in [0.15, 0.2) is 0 Å². The minimum atomic E-state index is 0.491. The van der Waals surface area contributed by atoms with Crippen LogP contribution in [0.1, 0.15) is 33.1 Å². The van der Waals surface area contributed by atoms with Gasteiger partial charge in [-0.25, -0.2) is 0 Å². The molecule has 0 saturated carbocycles. The first-order valence-electron chi connectivity index (χ1n) is 7.16. The number of hydrogen-bond donors (Lipinski definition) is 0. The highest BCUT2D eigenvalue weighted by Crippen LogP contribution is 2.28. The Morgan fingerprint density at radius 2 is 2.00 bits per heavy atom. The number of rotatable bonds is 5. The van der Waals surface area contributed by atoms with Crippen LogP contribution in [-0.4, -0.2) is 31.1 Å². The number of hydrogen-bond acceptors (Lipinski definition) is 2. The van der Waals surface area contributed by atoms with E-state index < -0.39 is 0 Å². The van der Waals surface area contributed by atoms with Crippen LogP contribution in [0.3, 0.4) is 0 Å². The van der Waals surface area contributed by atoms with Gasteiger partial charge in [0.2, 0.25) is 0 Å². The first kappa shape index (κ1) is 14.9. The van der Waals surface area contributed by atoms with Crippen LogP contribution in [0.4, 0.5) is 0 Å². The average molecular weight is 326 g/mol. The minimum Gasteiger partial charge on any atom is -0.494 e. The Morgan fingerprint density at radius 3 is 2.68 bits per heavy atom. The summed E-state index contributed by atoms with van der Waals surface area (Å²) in [4.78, 5) is 2.58. The fraction of sp³-hybridized carbons (Fsp3) is 0.625. The molecule has 0 atom stereocenters. The van der Waals surface area contributed by atoms with Crippen molar-refractivity contribution < 1.29 is 4.74 Å². The minimum absolute atomic E-state index is 0.491. The largest absolute Gasteiger partial charge is 0.494 e. The molecule has 0 unspecified atom stereocenters. The van der Waals surface area contributed by atoms with Crippen LogP contribution in [0.5, 0.6) is 5.75 Å². The highest BCUT2D eigenvalue weighted by molar-refractivity contribution is 9.10. The predicted octanol–water partition coefficient (Wildman–Crippen LogP) is 4.34. The highest BCUT2D eigenvalue weighted by Gasteiger charge is 2.25. The lowest BCUT2D eigenvalue weighted by Gasteiger charge is -2.38. The van der Waals surface area contributed by atoms with Crippen molar-refractivity contribution >= 4 is 15.9 Å². The van der Waals surface area contributed by atoms with E-state index >= 15 is 0 Å². The zero-order valence-electron chi connectivity index (χ0n) is 12.0. The van der Waals surface area contributed by atoms with Gasteiger partial charge in [-0.2, -0.15) is 0 Å². The molecule has 2 rings (SSSR count). The van der Waals surface area contributed by atoms with E-state index in [1.807, 2.05) is 24.3 Å². The normalized spacial score (nSPS) is 19.3. The third kappa shape index (κ3) is 5.15. The number of piperidine rings is 1. The Labute approximate surface area is 125 Å². The number of nitrogens with zero attached hydrogens (tertiary/aromatic N) is 1. The van der Waals surface area contributed by atoms with E-state index in [9.17, 15) is 0 Å². The van der Waals surface area contributed by atoms with Crippen molar-refractivity contribution in [1.82, 2.24) is 4.90 Å². The molecular formula is C16H24BrNO. The second-order valence-corrected chi connectivity index (χ2v) is 7.12. The van der Waals surface area contributed by atoms with E-state index in [0.29, 0.717) is 5.41 Å². The molecule has 1 fully saturated rings. The van der Waals surface area contributed by atoms with E-state index in [1.165, 1.54) is 25.9 Å². The maximum Gasteiger partial charge on any atom is 0.119 e. The fourth-order valence-electron chi connectivity index (χ4n) is 2.74. The summed E-state index contributed by atoms with van der Waals surface area (Å²) in [6, 6.07) is 8.05. The highest BCUT2D eigenvalue weighted by atomic mass is 79.9. The summed E-state index contributed by atoms with van der Waals surface area (Å²) in [7, 11) is 0. The van der Waals surface area contributed by atoms with Crippen LogP contribution in [0.2, 0.25) is 0 Å². The number of benzene rings is 1. The number of ether oxygens (including phenoxy) is 1. The Kier molecular flexibility index (Phi) is 5.28. The summed E-state index contributed by atoms with van der Waals surface area (Å²) in [5.41, 5.74) is 0.491. The summed E-state index contributed by atoms with van der Waals surface area (Å²) in [6.07, 6.45) is 3.80. The van der Waals surface area contributed by atoms with Gasteiger partial charge in [-0.05, 0) is 55.5 Å². The van der Waals surface area contributed by atoms with Crippen LogP contribution in [0, 0.1) is 5.41 Å². The molecule has 19 heavy (non-hydrogen) atoms. The summed E-state index contributed by atoms with van der Waals surface area (Å²) in [5, 5.41) is 0. The second-order valence-electron chi connectivity index (χ2n) is 6.20. The average Bonchev–Trinajstić information content (AvgIpc) is 2.36. The summed E-state index contributed by atoms with van der Waals surface area (Å²) < 4.78 is 6.85. The standard InChI is InChI=1S/C16H24BrNO/c1-16(2)9-3-10-18(13-16)11-4-12-19-15-7-5-14(17)6-8-15/h5-8H,3-4,9-13H2,1-2H3. The molecule has 1 aliphatic rings. The smallest absolute Gasteiger partial charge is 0.119 e. The number of likely N-dealkylation sites (tertiary alicyclic amines) is 1. The molecule has 0 amide bonds. The van der Waals surface area contributed by atoms with Gasteiger partial charge in [0, 0.05) is 17.6 Å². The second kappa shape index (κ2) is 6.76. The quantitative estimate of drug-likeness (QED) is 0.746. The lowest BCUT2D eigenvalue weighted by atomic mass is 9.84. The Morgan fingerprint density at radius 1 is 1.26 bits per heavy atom. The molecule has 0 bridgehead atoms. The van der Waals surface area contributed by atoms with E-state index in [2.05, 4.69) is 34.7 Å². The molecule has 2 nitrogen and oxygen atoms in total. The summed E-state index contributed by atoms with van der Waals surface area (Å²) in [5.74, 6) is 0.960. The lowest BCUT2D eigenvalue weighted by Crippen LogP contribution is -2.40. The van der Waals surface area contributed by atoms with E-state index in [-0.39, 0.29) is 0 Å². The van der Waals surface area contributed by atoms with Gasteiger partial charge in [0.25, 0.3) is 0 Å². The Balaban J connectivity index is 1.65. The van der Waals surface area contributed by atoms with Crippen molar-refractivity contribution in [2.45, 2.75) is 33.1 Å². The molecule has 1 aromatic rings. The fourth-order valence-corrected chi connectivity index (χ4v) is 3.01. The lowest BCUT2D eigenvalue weighted by molar-refractivity contribution is 0.111. The zero-order valence-corrected chi connectivity index (χ0v) is 13.6. The molecule has 0 aliphatic carbocycles. The van der Waals surface area contributed by atoms with Crippen LogP contribution >= 0.6 is 15.9 Å². The molecule has 0 N–H and O–H groups in total. The third-order valence-corrected chi connectivity index (χ3v) is 4.21. The van der Waals surface area contributed by atoms with Gasteiger partial charge in [-0.1, -0.05) is 29.8 Å². The number of halogens is 1. The van der Waals surface area contributed by atoms with E-state index in [1.54, 1.807) is 0 Å². The Bertz CT molecular complexity index is 388. The van der Waals surface area contributed by atoms with Crippen molar-refractivity contribution in [3.05, 3.63) is 28.7 Å².